The molecule has 0 spiro atoms. The number of aromatic nitrogens is 5. The van der Waals surface area contributed by atoms with Crippen molar-refractivity contribution in [2.45, 2.75) is 13.3 Å². The zero-order valence-corrected chi connectivity index (χ0v) is 10.3. The lowest BCUT2D eigenvalue weighted by Gasteiger charge is -2.06. The first kappa shape index (κ1) is 12.1. The van der Waals surface area contributed by atoms with Crippen LogP contribution in [-0.2, 0) is 7.05 Å². The average molecular weight is 249 g/mol. The topological polar surface area (TPSA) is 104 Å². The number of aryl methyl sites for hydroxylation is 1. The summed E-state index contributed by atoms with van der Waals surface area (Å²) in [5.74, 6) is 0.448. The van der Waals surface area contributed by atoms with Crippen LogP contribution in [0.1, 0.15) is 13.3 Å². The number of rotatable bonds is 5. The summed E-state index contributed by atoms with van der Waals surface area (Å²) >= 11 is 0. The van der Waals surface area contributed by atoms with Crippen LogP contribution in [0.5, 0.6) is 6.01 Å². The van der Waals surface area contributed by atoms with Gasteiger partial charge in [-0.3, -0.25) is 4.68 Å². The molecule has 0 aliphatic heterocycles. The van der Waals surface area contributed by atoms with E-state index in [1.54, 1.807) is 17.1 Å². The smallest absolute Gasteiger partial charge is 0.323 e. The Kier molecular flexibility index (Phi) is 3.56. The van der Waals surface area contributed by atoms with Gasteiger partial charge in [0.25, 0.3) is 0 Å². The van der Waals surface area contributed by atoms with Gasteiger partial charge in [-0.05, 0) is 6.42 Å². The molecular formula is C10H15N7O. The third-order valence-corrected chi connectivity index (χ3v) is 2.03. The van der Waals surface area contributed by atoms with Crippen molar-refractivity contribution in [2.75, 3.05) is 17.7 Å². The highest BCUT2D eigenvalue weighted by molar-refractivity contribution is 5.51. The molecule has 3 N–H and O–H groups in total. The first-order chi connectivity index (χ1) is 8.67. The maximum atomic E-state index is 5.59. The molecule has 0 aromatic carbocycles. The van der Waals surface area contributed by atoms with Crippen LogP contribution in [-0.4, -0.2) is 31.3 Å². The molecule has 0 atom stereocenters. The van der Waals surface area contributed by atoms with Crippen LogP contribution in [0.4, 0.5) is 17.6 Å². The van der Waals surface area contributed by atoms with Gasteiger partial charge in [0.1, 0.15) is 0 Å². The van der Waals surface area contributed by atoms with Gasteiger partial charge < -0.3 is 15.8 Å². The van der Waals surface area contributed by atoms with Crippen molar-refractivity contribution in [2.24, 2.45) is 7.05 Å². The molecule has 8 nitrogen and oxygen atoms in total. The van der Waals surface area contributed by atoms with Crippen molar-refractivity contribution in [3.63, 3.8) is 0 Å². The lowest BCUT2D eigenvalue weighted by molar-refractivity contribution is 0.292. The van der Waals surface area contributed by atoms with Crippen LogP contribution in [0.3, 0.4) is 0 Å². The second-order valence-electron chi connectivity index (χ2n) is 3.68. The van der Waals surface area contributed by atoms with Crippen LogP contribution >= 0.6 is 0 Å². The molecule has 0 aliphatic carbocycles. The van der Waals surface area contributed by atoms with E-state index in [2.05, 4.69) is 25.4 Å². The Hall–Kier alpha value is -2.38. The summed E-state index contributed by atoms with van der Waals surface area (Å²) in [7, 11) is 1.82. The molecule has 0 saturated heterocycles. The molecular weight excluding hydrogens is 234 g/mol. The van der Waals surface area contributed by atoms with Gasteiger partial charge in [0, 0.05) is 13.2 Å². The Labute approximate surface area is 104 Å². The minimum absolute atomic E-state index is 0.113. The van der Waals surface area contributed by atoms with Crippen LogP contribution in [0, 0.1) is 0 Å². The van der Waals surface area contributed by atoms with E-state index < -0.39 is 0 Å². The van der Waals surface area contributed by atoms with E-state index in [4.69, 9.17) is 10.5 Å². The summed E-state index contributed by atoms with van der Waals surface area (Å²) in [5, 5.41) is 7.00. The van der Waals surface area contributed by atoms with E-state index >= 15 is 0 Å². The quantitative estimate of drug-likeness (QED) is 0.804. The molecule has 2 heterocycles. The number of nitrogens with zero attached hydrogens (tertiary/aromatic N) is 5. The van der Waals surface area contributed by atoms with Crippen LogP contribution in [0.25, 0.3) is 0 Å². The number of nitrogens with two attached hydrogens (primary N) is 1. The second kappa shape index (κ2) is 5.30. The van der Waals surface area contributed by atoms with Gasteiger partial charge >= 0.3 is 6.01 Å². The highest BCUT2D eigenvalue weighted by Crippen LogP contribution is 2.14. The fraction of sp³-hybridized carbons (Fsp3) is 0.400. The summed E-state index contributed by atoms with van der Waals surface area (Å²) in [6.07, 6.45) is 4.33. The monoisotopic (exact) mass is 249 g/mol. The van der Waals surface area contributed by atoms with Crippen molar-refractivity contribution >= 4 is 17.6 Å². The minimum atomic E-state index is 0.113. The van der Waals surface area contributed by atoms with Gasteiger partial charge in [-0.15, -0.1) is 0 Å². The molecule has 0 unspecified atom stereocenters. The van der Waals surface area contributed by atoms with Crippen molar-refractivity contribution in [3.8, 4) is 6.01 Å². The first-order valence-corrected chi connectivity index (χ1v) is 5.57. The van der Waals surface area contributed by atoms with Gasteiger partial charge in [-0.2, -0.15) is 20.1 Å². The molecule has 0 radical (unpaired) electrons. The SMILES string of the molecule is CCCOc1nc(N)nc(Nc2cnn(C)c2)n1. The maximum Gasteiger partial charge on any atom is 0.323 e. The summed E-state index contributed by atoms with van der Waals surface area (Å²) in [5.41, 5.74) is 6.36. The van der Waals surface area contributed by atoms with Crippen LogP contribution in [0.15, 0.2) is 12.4 Å². The largest absolute Gasteiger partial charge is 0.463 e. The fourth-order valence-electron chi connectivity index (χ4n) is 1.30. The molecule has 2 rings (SSSR count). The number of hydrogen-bond acceptors (Lipinski definition) is 7. The van der Waals surface area contributed by atoms with Crippen molar-refractivity contribution in [3.05, 3.63) is 12.4 Å². The molecule has 0 aliphatic rings. The van der Waals surface area contributed by atoms with E-state index in [-0.39, 0.29) is 12.0 Å². The predicted molar refractivity (Wildman–Crippen MR) is 66.5 cm³/mol. The van der Waals surface area contributed by atoms with Crippen molar-refractivity contribution in [1.29, 1.82) is 0 Å². The number of nitrogens with one attached hydrogen (secondary N) is 1. The zero-order valence-electron chi connectivity index (χ0n) is 10.3. The number of ether oxygens (including phenoxy) is 1. The Morgan fingerprint density at radius 1 is 1.39 bits per heavy atom. The standard InChI is InChI=1S/C10H15N7O/c1-3-4-18-10-15-8(11)14-9(16-10)13-7-5-12-17(2)6-7/h5-6H,3-4H2,1-2H3,(H3,11,13,14,15,16). The molecule has 0 amide bonds. The van der Waals surface area contributed by atoms with Gasteiger partial charge in [0.05, 0.1) is 18.5 Å². The summed E-state index contributed by atoms with van der Waals surface area (Å²) in [4.78, 5) is 12.0. The number of anilines is 3. The van der Waals surface area contributed by atoms with Gasteiger partial charge in [-0.25, -0.2) is 0 Å². The molecule has 0 saturated carbocycles. The zero-order chi connectivity index (χ0) is 13.0. The van der Waals surface area contributed by atoms with Crippen LogP contribution < -0.4 is 15.8 Å². The first-order valence-electron chi connectivity index (χ1n) is 5.57. The Morgan fingerprint density at radius 3 is 2.89 bits per heavy atom. The molecule has 18 heavy (non-hydrogen) atoms. The predicted octanol–water partition coefficient (Wildman–Crippen LogP) is 0.720. The highest BCUT2D eigenvalue weighted by atomic mass is 16.5. The summed E-state index contributed by atoms with van der Waals surface area (Å²) in [6, 6.07) is 0.218. The van der Waals surface area contributed by atoms with Crippen LogP contribution in [0.2, 0.25) is 0 Å². The Balaban J connectivity index is 2.14. The third kappa shape index (κ3) is 3.06. The molecule has 8 heteroatoms. The Morgan fingerprint density at radius 2 is 2.22 bits per heavy atom. The van der Waals surface area contributed by atoms with E-state index in [1.165, 1.54) is 0 Å². The maximum absolute atomic E-state index is 5.59. The van der Waals surface area contributed by atoms with E-state index in [1.807, 2.05) is 14.0 Å². The van der Waals surface area contributed by atoms with Crippen molar-refractivity contribution < 1.29 is 4.74 Å². The number of hydrogen-bond donors (Lipinski definition) is 2. The van der Waals surface area contributed by atoms with Gasteiger partial charge in [0.15, 0.2) is 0 Å². The van der Waals surface area contributed by atoms with E-state index in [0.29, 0.717) is 12.6 Å². The highest BCUT2D eigenvalue weighted by Gasteiger charge is 2.06. The summed E-state index contributed by atoms with van der Waals surface area (Å²) < 4.78 is 6.98. The third-order valence-electron chi connectivity index (χ3n) is 2.03. The fourth-order valence-corrected chi connectivity index (χ4v) is 1.30. The molecule has 96 valence electrons. The second-order valence-corrected chi connectivity index (χ2v) is 3.68. The summed E-state index contributed by atoms with van der Waals surface area (Å²) in [6.45, 7) is 2.54. The Bertz CT molecular complexity index is 525. The lowest BCUT2D eigenvalue weighted by Crippen LogP contribution is -2.07. The minimum Gasteiger partial charge on any atom is -0.463 e. The molecule has 0 bridgehead atoms. The van der Waals surface area contributed by atoms with E-state index in [0.717, 1.165) is 12.1 Å². The number of nitrogen functional groups attached to an aromatic ring is 1. The van der Waals surface area contributed by atoms with Crippen molar-refractivity contribution in [1.82, 2.24) is 24.7 Å². The normalized spacial score (nSPS) is 10.3. The molecule has 2 aromatic heterocycles. The van der Waals surface area contributed by atoms with Gasteiger partial charge in [0.2, 0.25) is 11.9 Å². The average Bonchev–Trinajstić information content (AvgIpc) is 2.71. The molecule has 2 aromatic rings. The lowest BCUT2D eigenvalue weighted by atomic mass is 10.5. The molecule has 0 fully saturated rings. The van der Waals surface area contributed by atoms with E-state index in [9.17, 15) is 0 Å². The van der Waals surface area contributed by atoms with Gasteiger partial charge in [-0.1, -0.05) is 6.92 Å².